The van der Waals surface area contributed by atoms with Crippen LogP contribution in [0.5, 0.6) is 0 Å². The van der Waals surface area contributed by atoms with Crippen LogP contribution in [0.1, 0.15) is 42.9 Å². The molecule has 6 rings (SSSR count). The van der Waals surface area contributed by atoms with Crippen molar-refractivity contribution in [3.8, 4) is 22.4 Å². The van der Waals surface area contributed by atoms with Gasteiger partial charge in [0.05, 0.1) is 5.69 Å². The Morgan fingerprint density at radius 2 is 1.71 bits per heavy atom. The van der Waals surface area contributed by atoms with Gasteiger partial charge in [-0.25, -0.2) is 4.98 Å². The predicted octanol–water partition coefficient (Wildman–Crippen LogP) is 7.68. The van der Waals surface area contributed by atoms with Crippen molar-refractivity contribution in [3.05, 3.63) is 84.2 Å². The van der Waals surface area contributed by atoms with Crippen molar-refractivity contribution in [3.63, 3.8) is 0 Å². The van der Waals surface area contributed by atoms with Gasteiger partial charge < -0.3 is 4.42 Å². The summed E-state index contributed by atoms with van der Waals surface area (Å²) >= 11 is 0. The first-order chi connectivity index (χ1) is 15.3. The number of aryl methyl sites for hydroxylation is 1. The lowest BCUT2D eigenvalue weighted by atomic mass is 9.94. The van der Waals surface area contributed by atoms with Crippen LogP contribution in [-0.2, 0) is 0 Å². The normalized spacial score (nSPS) is 14.6. The summed E-state index contributed by atoms with van der Waals surface area (Å²) in [5.74, 6) is 0.718. The summed E-state index contributed by atoms with van der Waals surface area (Å²) in [6.45, 7) is 1.98. The minimum atomic E-state index is 0.683. The van der Waals surface area contributed by atoms with Gasteiger partial charge in [-0.1, -0.05) is 55.3 Å². The second-order valence-electron chi connectivity index (χ2n) is 8.63. The van der Waals surface area contributed by atoms with Crippen LogP contribution in [0.4, 0.5) is 0 Å². The molecule has 5 aromatic rings. The Hall–Kier alpha value is -3.46. The van der Waals surface area contributed by atoms with E-state index in [9.17, 15) is 0 Å². The van der Waals surface area contributed by atoms with E-state index in [1.807, 2.05) is 19.2 Å². The van der Waals surface area contributed by atoms with Crippen LogP contribution in [0.25, 0.3) is 44.5 Å². The smallest absolute Gasteiger partial charge is 0.227 e. The summed E-state index contributed by atoms with van der Waals surface area (Å²) in [4.78, 5) is 9.37. The maximum absolute atomic E-state index is 6.16. The van der Waals surface area contributed by atoms with E-state index in [1.54, 1.807) is 0 Å². The maximum Gasteiger partial charge on any atom is 0.227 e. The highest BCUT2D eigenvalue weighted by atomic mass is 16.3. The highest BCUT2D eigenvalue weighted by molar-refractivity contribution is 6.08. The third kappa shape index (κ3) is 3.21. The number of furan rings is 1. The van der Waals surface area contributed by atoms with Gasteiger partial charge in [-0.15, -0.1) is 0 Å². The SMILES string of the molecule is Cc1ccc2c(n1)oc1c(-c3ccc(-c4cccc(C5CCCC5)c4)cn3)cccc12. The van der Waals surface area contributed by atoms with E-state index >= 15 is 0 Å². The van der Waals surface area contributed by atoms with Gasteiger partial charge in [-0.05, 0) is 61.1 Å². The van der Waals surface area contributed by atoms with Crippen molar-refractivity contribution < 1.29 is 4.42 Å². The molecule has 3 aromatic heterocycles. The van der Waals surface area contributed by atoms with Crippen LogP contribution in [0.15, 0.2) is 77.3 Å². The molecule has 0 unspecified atom stereocenters. The lowest BCUT2D eigenvalue weighted by Gasteiger charge is -2.11. The molecule has 3 heterocycles. The average molecular weight is 405 g/mol. The molecule has 0 atom stereocenters. The molecular weight excluding hydrogens is 380 g/mol. The Morgan fingerprint density at radius 1 is 0.839 bits per heavy atom. The number of para-hydroxylation sites is 1. The number of benzene rings is 2. The Labute approximate surface area is 181 Å². The minimum Gasteiger partial charge on any atom is -0.437 e. The highest BCUT2D eigenvalue weighted by Crippen LogP contribution is 2.37. The van der Waals surface area contributed by atoms with E-state index in [0.29, 0.717) is 5.71 Å². The van der Waals surface area contributed by atoms with Crippen molar-refractivity contribution in [1.82, 2.24) is 9.97 Å². The Kier molecular flexibility index (Phi) is 4.34. The molecule has 2 aromatic carbocycles. The quantitative estimate of drug-likeness (QED) is 0.309. The summed E-state index contributed by atoms with van der Waals surface area (Å²) in [7, 11) is 0. The van der Waals surface area contributed by atoms with Crippen molar-refractivity contribution in [2.75, 3.05) is 0 Å². The number of hydrogen-bond donors (Lipinski definition) is 0. The monoisotopic (exact) mass is 404 g/mol. The van der Waals surface area contributed by atoms with Crippen LogP contribution < -0.4 is 0 Å². The summed E-state index contributed by atoms with van der Waals surface area (Å²) in [6, 6.07) is 23.6. The maximum atomic E-state index is 6.16. The molecule has 1 aliphatic rings. The molecule has 0 saturated heterocycles. The van der Waals surface area contributed by atoms with Gasteiger partial charge in [0.2, 0.25) is 5.71 Å². The summed E-state index contributed by atoms with van der Waals surface area (Å²) in [5, 5.41) is 2.12. The number of fused-ring (bicyclic) bond motifs is 3. The first-order valence-electron chi connectivity index (χ1n) is 11.1. The number of pyridine rings is 2. The lowest BCUT2D eigenvalue weighted by Crippen LogP contribution is -1.92. The van der Waals surface area contributed by atoms with E-state index in [-0.39, 0.29) is 0 Å². The van der Waals surface area contributed by atoms with Crippen LogP contribution in [0.2, 0.25) is 0 Å². The minimum absolute atomic E-state index is 0.683. The molecule has 3 heteroatoms. The van der Waals surface area contributed by atoms with Crippen molar-refractivity contribution >= 4 is 22.1 Å². The summed E-state index contributed by atoms with van der Waals surface area (Å²) in [6.07, 6.45) is 7.32. The summed E-state index contributed by atoms with van der Waals surface area (Å²) in [5.41, 5.74) is 8.26. The molecule has 0 N–H and O–H groups in total. The zero-order valence-electron chi connectivity index (χ0n) is 17.6. The molecule has 0 radical (unpaired) electrons. The zero-order valence-corrected chi connectivity index (χ0v) is 17.6. The van der Waals surface area contributed by atoms with E-state index < -0.39 is 0 Å². The largest absolute Gasteiger partial charge is 0.437 e. The van der Waals surface area contributed by atoms with Gasteiger partial charge in [-0.3, -0.25) is 4.98 Å². The fourth-order valence-corrected chi connectivity index (χ4v) is 4.93. The van der Waals surface area contributed by atoms with E-state index in [0.717, 1.165) is 44.8 Å². The lowest BCUT2D eigenvalue weighted by molar-refractivity contribution is 0.653. The topological polar surface area (TPSA) is 38.9 Å². The Balaban J connectivity index is 1.39. The van der Waals surface area contributed by atoms with E-state index in [4.69, 9.17) is 9.40 Å². The third-order valence-electron chi connectivity index (χ3n) is 6.59. The molecule has 0 aliphatic heterocycles. The van der Waals surface area contributed by atoms with Gasteiger partial charge in [0.25, 0.3) is 0 Å². The molecule has 3 nitrogen and oxygen atoms in total. The first-order valence-corrected chi connectivity index (χ1v) is 11.1. The molecule has 152 valence electrons. The van der Waals surface area contributed by atoms with Gasteiger partial charge >= 0.3 is 0 Å². The third-order valence-corrected chi connectivity index (χ3v) is 6.59. The molecule has 1 saturated carbocycles. The van der Waals surface area contributed by atoms with Crippen molar-refractivity contribution in [2.24, 2.45) is 0 Å². The fourth-order valence-electron chi connectivity index (χ4n) is 4.93. The van der Waals surface area contributed by atoms with Crippen LogP contribution in [0.3, 0.4) is 0 Å². The summed E-state index contributed by atoms with van der Waals surface area (Å²) < 4.78 is 6.16. The van der Waals surface area contributed by atoms with Gasteiger partial charge in [0.15, 0.2) is 0 Å². The standard InChI is InChI=1S/C28H24N2O/c1-18-12-14-24-23-10-5-11-25(27(23)31-28(24)30-18)26-15-13-22(17-29-26)21-9-4-8-20(16-21)19-6-2-3-7-19/h4-5,8-17,19H,2-3,6-7H2,1H3. The molecule has 0 amide bonds. The molecule has 0 bridgehead atoms. The van der Waals surface area contributed by atoms with E-state index in [2.05, 4.69) is 65.6 Å². The number of hydrogen-bond acceptors (Lipinski definition) is 3. The van der Waals surface area contributed by atoms with Crippen molar-refractivity contribution in [1.29, 1.82) is 0 Å². The number of rotatable bonds is 3. The molecule has 0 spiro atoms. The molecule has 1 fully saturated rings. The molecular formula is C28H24N2O. The zero-order chi connectivity index (χ0) is 20.8. The number of aromatic nitrogens is 2. The number of nitrogens with zero attached hydrogens (tertiary/aromatic N) is 2. The van der Waals surface area contributed by atoms with Gasteiger partial charge in [0, 0.05) is 33.8 Å². The average Bonchev–Trinajstić information content (AvgIpc) is 3.47. The van der Waals surface area contributed by atoms with Crippen LogP contribution >= 0.6 is 0 Å². The highest BCUT2D eigenvalue weighted by Gasteiger charge is 2.18. The molecule has 1 aliphatic carbocycles. The molecule has 31 heavy (non-hydrogen) atoms. The van der Waals surface area contributed by atoms with E-state index in [1.165, 1.54) is 36.8 Å². The van der Waals surface area contributed by atoms with Gasteiger partial charge in [-0.2, -0.15) is 0 Å². The first kappa shape index (κ1) is 18.3. The van der Waals surface area contributed by atoms with Crippen LogP contribution in [-0.4, -0.2) is 9.97 Å². The second-order valence-corrected chi connectivity index (χ2v) is 8.63. The fraction of sp³-hybridized carbons (Fsp3) is 0.214. The van der Waals surface area contributed by atoms with Crippen LogP contribution in [0, 0.1) is 6.92 Å². The Morgan fingerprint density at radius 3 is 2.55 bits per heavy atom. The second kappa shape index (κ2) is 7.35. The van der Waals surface area contributed by atoms with Crippen molar-refractivity contribution in [2.45, 2.75) is 38.5 Å². The van der Waals surface area contributed by atoms with Gasteiger partial charge in [0.1, 0.15) is 5.58 Å². The predicted molar refractivity (Wildman–Crippen MR) is 126 cm³/mol. The Bertz CT molecular complexity index is 1390.